The molecule has 88 valence electrons. The van der Waals surface area contributed by atoms with E-state index in [0.717, 1.165) is 0 Å². The molecule has 0 aromatic carbocycles. The quantitative estimate of drug-likeness (QED) is 0.408. The molecule has 1 saturated heterocycles. The zero-order valence-electron chi connectivity index (χ0n) is 8.19. The van der Waals surface area contributed by atoms with E-state index in [-0.39, 0.29) is 6.61 Å². The van der Waals surface area contributed by atoms with E-state index in [2.05, 4.69) is 6.58 Å². The van der Waals surface area contributed by atoms with Crippen LogP contribution in [0.1, 0.15) is 0 Å². The van der Waals surface area contributed by atoms with Gasteiger partial charge in [0.15, 0.2) is 6.29 Å². The van der Waals surface area contributed by atoms with Crippen molar-refractivity contribution in [2.24, 2.45) is 0 Å². The van der Waals surface area contributed by atoms with Crippen molar-refractivity contribution in [3.8, 4) is 0 Å². The van der Waals surface area contributed by atoms with Crippen LogP contribution in [0.25, 0.3) is 0 Å². The van der Waals surface area contributed by atoms with Crippen molar-refractivity contribution in [3.05, 3.63) is 12.7 Å². The third-order valence-electron chi connectivity index (χ3n) is 2.23. The lowest BCUT2D eigenvalue weighted by Gasteiger charge is -2.39. The van der Waals surface area contributed by atoms with Gasteiger partial charge in [0, 0.05) is 0 Å². The second-order valence-electron chi connectivity index (χ2n) is 3.32. The summed E-state index contributed by atoms with van der Waals surface area (Å²) in [7, 11) is 0. The first-order valence-electron chi connectivity index (χ1n) is 4.64. The fourth-order valence-electron chi connectivity index (χ4n) is 1.37. The standard InChI is InChI=1S/C9H16O6/c1-2-3-14-9-8(13)7(12)6(11)5(4-10)15-9/h2,5-13H,1,3-4H2/t5-,6+,7+,8-,9?/m0/s1. The molecule has 0 aliphatic carbocycles. The van der Waals surface area contributed by atoms with Crippen LogP contribution in [0, 0.1) is 0 Å². The fraction of sp³-hybridized carbons (Fsp3) is 0.778. The molecule has 4 N–H and O–H groups in total. The summed E-state index contributed by atoms with van der Waals surface area (Å²) < 4.78 is 10.1. The van der Waals surface area contributed by atoms with Crippen molar-refractivity contribution in [3.63, 3.8) is 0 Å². The molecule has 1 fully saturated rings. The normalized spacial score (nSPS) is 41.5. The smallest absolute Gasteiger partial charge is 0.187 e. The Bertz CT molecular complexity index is 207. The van der Waals surface area contributed by atoms with Crippen LogP contribution in [0.3, 0.4) is 0 Å². The van der Waals surface area contributed by atoms with Gasteiger partial charge in [0.1, 0.15) is 24.4 Å². The molecular formula is C9H16O6. The monoisotopic (exact) mass is 220 g/mol. The number of ether oxygens (including phenoxy) is 2. The highest BCUT2D eigenvalue weighted by molar-refractivity contribution is 4.89. The van der Waals surface area contributed by atoms with E-state index in [1.54, 1.807) is 0 Å². The van der Waals surface area contributed by atoms with Gasteiger partial charge in [0.05, 0.1) is 13.2 Å². The van der Waals surface area contributed by atoms with E-state index in [9.17, 15) is 15.3 Å². The maximum atomic E-state index is 9.47. The zero-order chi connectivity index (χ0) is 11.4. The molecule has 0 bridgehead atoms. The van der Waals surface area contributed by atoms with Gasteiger partial charge in [0.2, 0.25) is 0 Å². The molecular weight excluding hydrogens is 204 g/mol. The number of hydrogen-bond donors (Lipinski definition) is 4. The first-order chi connectivity index (χ1) is 7.11. The SMILES string of the molecule is C=CCOC1O[C@@H](CO)[C@@H](O)[C@@H](O)[C@@H]1O. The molecule has 1 aliphatic rings. The number of hydrogen-bond acceptors (Lipinski definition) is 6. The van der Waals surface area contributed by atoms with Crippen LogP contribution in [0.5, 0.6) is 0 Å². The van der Waals surface area contributed by atoms with Crippen LogP contribution < -0.4 is 0 Å². The van der Waals surface area contributed by atoms with E-state index < -0.39 is 37.3 Å². The third kappa shape index (κ3) is 2.75. The Morgan fingerprint density at radius 2 is 1.87 bits per heavy atom. The summed E-state index contributed by atoms with van der Waals surface area (Å²) in [6.45, 7) is 3.10. The Morgan fingerprint density at radius 3 is 2.40 bits per heavy atom. The Morgan fingerprint density at radius 1 is 1.20 bits per heavy atom. The van der Waals surface area contributed by atoms with Crippen molar-refractivity contribution in [2.45, 2.75) is 30.7 Å². The van der Waals surface area contributed by atoms with Gasteiger partial charge >= 0.3 is 0 Å². The van der Waals surface area contributed by atoms with Crippen LogP contribution in [-0.2, 0) is 9.47 Å². The average Bonchev–Trinajstić information content (AvgIpc) is 2.25. The van der Waals surface area contributed by atoms with Gasteiger partial charge in [-0.2, -0.15) is 0 Å². The molecule has 6 heteroatoms. The fourth-order valence-corrected chi connectivity index (χ4v) is 1.37. The van der Waals surface area contributed by atoms with Crippen molar-refractivity contribution < 1.29 is 29.9 Å². The maximum Gasteiger partial charge on any atom is 0.187 e. The molecule has 1 aliphatic heterocycles. The highest BCUT2D eigenvalue weighted by Crippen LogP contribution is 2.21. The van der Waals surface area contributed by atoms with Crippen molar-refractivity contribution in [1.29, 1.82) is 0 Å². The van der Waals surface area contributed by atoms with E-state index >= 15 is 0 Å². The van der Waals surface area contributed by atoms with Crippen LogP contribution in [0.15, 0.2) is 12.7 Å². The summed E-state index contributed by atoms with van der Waals surface area (Å²) in [6.07, 6.45) is -4.64. The second-order valence-corrected chi connectivity index (χ2v) is 3.32. The van der Waals surface area contributed by atoms with Gasteiger partial charge in [-0.3, -0.25) is 0 Å². The van der Waals surface area contributed by atoms with Gasteiger partial charge in [-0.1, -0.05) is 6.08 Å². The molecule has 1 rings (SSSR count). The summed E-state index contributed by atoms with van der Waals surface area (Å²) in [4.78, 5) is 0. The minimum Gasteiger partial charge on any atom is -0.394 e. The Kier molecular flexibility index (Phi) is 4.65. The lowest BCUT2D eigenvalue weighted by Crippen LogP contribution is -2.59. The summed E-state index contributed by atoms with van der Waals surface area (Å²) >= 11 is 0. The second kappa shape index (κ2) is 5.55. The molecule has 0 saturated carbocycles. The van der Waals surface area contributed by atoms with Gasteiger partial charge in [-0.05, 0) is 0 Å². The Labute approximate surface area is 87.4 Å². The predicted octanol–water partition coefficient (Wildman–Crippen LogP) is -2.01. The minimum atomic E-state index is -1.40. The Hall–Kier alpha value is -0.500. The number of aliphatic hydroxyl groups is 4. The van der Waals surface area contributed by atoms with E-state index in [4.69, 9.17) is 14.6 Å². The largest absolute Gasteiger partial charge is 0.394 e. The molecule has 0 spiro atoms. The highest BCUT2D eigenvalue weighted by Gasteiger charge is 2.43. The highest BCUT2D eigenvalue weighted by atomic mass is 16.7. The molecule has 5 atom stereocenters. The lowest BCUT2D eigenvalue weighted by molar-refractivity contribution is -0.298. The van der Waals surface area contributed by atoms with Crippen LogP contribution in [0.2, 0.25) is 0 Å². The first kappa shape index (κ1) is 12.6. The number of rotatable bonds is 4. The van der Waals surface area contributed by atoms with Gasteiger partial charge < -0.3 is 29.9 Å². The molecule has 1 unspecified atom stereocenters. The summed E-state index contributed by atoms with van der Waals surface area (Å²) in [6, 6.07) is 0. The molecule has 0 aromatic heterocycles. The summed E-state index contributed by atoms with van der Waals surface area (Å²) in [5.41, 5.74) is 0. The van der Waals surface area contributed by atoms with Crippen LogP contribution in [-0.4, -0.2) is 64.3 Å². The van der Waals surface area contributed by atoms with Crippen molar-refractivity contribution in [1.82, 2.24) is 0 Å². The van der Waals surface area contributed by atoms with Gasteiger partial charge in [0.25, 0.3) is 0 Å². The van der Waals surface area contributed by atoms with E-state index in [1.165, 1.54) is 6.08 Å². The molecule has 0 amide bonds. The topological polar surface area (TPSA) is 99.4 Å². The van der Waals surface area contributed by atoms with E-state index in [1.807, 2.05) is 0 Å². The zero-order valence-corrected chi connectivity index (χ0v) is 8.19. The Balaban J connectivity index is 2.60. The van der Waals surface area contributed by atoms with Crippen molar-refractivity contribution in [2.75, 3.05) is 13.2 Å². The first-order valence-corrected chi connectivity index (χ1v) is 4.64. The number of aliphatic hydroxyl groups excluding tert-OH is 4. The molecule has 0 aromatic rings. The van der Waals surface area contributed by atoms with Crippen LogP contribution >= 0.6 is 0 Å². The third-order valence-corrected chi connectivity index (χ3v) is 2.23. The van der Waals surface area contributed by atoms with Crippen LogP contribution in [0.4, 0.5) is 0 Å². The maximum absolute atomic E-state index is 9.47. The predicted molar refractivity (Wildman–Crippen MR) is 49.9 cm³/mol. The van der Waals surface area contributed by atoms with Gasteiger partial charge in [-0.25, -0.2) is 0 Å². The molecule has 1 heterocycles. The molecule has 0 radical (unpaired) electrons. The summed E-state index contributed by atoms with van der Waals surface area (Å²) in [5.74, 6) is 0. The van der Waals surface area contributed by atoms with Crippen molar-refractivity contribution >= 4 is 0 Å². The molecule has 6 nitrogen and oxygen atoms in total. The molecule has 15 heavy (non-hydrogen) atoms. The van der Waals surface area contributed by atoms with E-state index in [0.29, 0.717) is 0 Å². The minimum absolute atomic E-state index is 0.142. The summed E-state index contributed by atoms with van der Waals surface area (Å²) in [5, 5.41) is 37.1. The lowest BCUT2D eigenvalue weighted by atomic mass is 9.99. The average molecular weight is 220 g/mol. The van der Waals surface area contributed by atoms with Gasteiger partial charge in [-0.15, -0.1) is 6.58 Å².